The summed E-state index contributed by atoms with van der Waals surface area (Å²) in [6, 6.07) is 5.20. The van der Waals surface area contributed by atoms with E-state index >= 15 is 0 Å². The Balaban J connectivity index is 1.39. The highest BCUT2D eigenvalue weighted by molar-refractivity contribution is 5.94. The number of hydrogen-bond acceptors (Lipinski definition) is 6. The Labute approximate surface area is 157 Å². The number of hydrogen-bond donors (Lipinski definition) is 1. The number of aromatic nitrogens is 1. The number of nitrogens with zero attached hydrogens (tertiary/aromatic N) is 2. The number of nitrogens with one attached hydrogen (secondary N) is 1. The molecule has 8 nitrogen and oxygen atoms in total. The first-order chi connectivity index (χ1) is 13.0. The third-order valence-corrected chi connectivity index (χ3v) is 5.72. The number of rotatable bonds is 4. The first-order valence-corrected chi connectivity index (χ1v) is 9.29. The van der Waals surface area contributed by atoms with Crippen LogP contribution >= 0.6 is 0 Å². The van der Waals surface area contributed by atoms with E-state index in [9.17, 15) is 9.59 Å². The highest BCUT2D eigenvalue weighted by atomic mass is 16.5. The van der Waals surface area contributed by atoms with Crippen molar-refractivity contribution in [1.29, 1.82) is 0 Å². The Morgan fingerprint density at radius 2 is 2.26 bits per heavy atom. The summed E-state index contributed by atoms with van der Waals surface area (Å²) in [5, 5.41) is 2.88. The Bertz CT molecular complexity index is 896. The predicted molar refractivity (Wildman–Crippen MR) is 99.9 cm³/mol. The third kappa shape index (κ3) is 3.40. The molecular formula is C19H25N3O5. The fourth-order valence-electron chi connectivity index (χ4n) is 4.22. The van der Waals surface area contributed by atoms with Gasteiger partial charge in [-0.3, -0.25) is 14.3 Å². The van der Waals surface area contributed by atoms with E-state index in [1.807, 2.05) is 0 Å². The number of likely N-dealkylation sites (tertiary alicyclic amines) is 1. The zero-order valence-electron chi connectivity index (χ0n) is 15.7. The molecule has 1 N–H and O–H groups in total. The van der Waals surface area contributed by atoms with Gasteiger partial charge in [0.25, 0.3) is 0 Å². The summed E-state index contributed by atoms with van der Waals surface area (Å²) >= 11 is 0. The number of aryl methyl sites for hydroxylation is 1. The Hall–Kier alpha value is -2.16. The van der Waals surface area contributed by atoms with Gasteiger partial charge in [-0.2, -0.15) is 0 Å². The zero-order valence-corrected chi connectivity index (χ0v) is 15.7. The molecule has 4 rings (SSSR count). The van der Waals surface area contributed by atoms with E-state index in [1.54, 1.807) is 32.4 Å². The lowest BCUT2D eigenvalue weighted by molar-refractivity contribution is -0.145. The van der Waals surface area contributed by atoms with Gasteiger partial charge in [0.15, 0.2) is 5.58 Å². The summed E-state index contributed by atoms with van der Waals surface area (Å²) in [7, 11) is 3.36. The maximum Gasteiger partial charge on any atom is 0.419 e. The van der Waals surface area contributed by atoms with Gasteiger partial charge in [-0.15, -0.1) is 0 Å². The molecule has 2 aliphatic rings. The molecule has 27 heavy (non-hydrogen) atoms. The second kappa shape index (κ2) is 7.10. The summed E-state index contributed by atoms with van der Waals surface area (Å²) in [5.41, 5.74) is 1.58. The number of carbonyl (C=O) groups excluding carboxylic acids is 1. The van der Waals surface area contributed by atoms with Crippen LogP contribution in [0.2, 0.25) is 0 Å². The van der Waals surface area contributed by atoms with Crippen LogP contribution in [0.5, 0.6) is 0 Å². The molecule has 1 aromatic heterocycles. The lowest BCUT2D eigenvalue weighted by Crippen LogP contribution is -2.57. The van der Waals surface area contributed by atoms with Crippen LogP contribution in [0.3, 0.4) is 0 Å². The molecule has 0 unspecified atom stereocenters. The average Bonchev–Trinajstić information content (AvgIpc) is 3.22. The summed E-state index contributed by atoms with van der Waals surface area (Å²) in [6.07, 6.45) is 2.95. The van der Waals surface area contributed by atoms with Crippen LogP contribution in [0.25, 0.3) is 11.1 Å². The van der Waals surface area contributed by atoms with Crippen molar-refractivity contribution in [3.63, 3.8) is 0 Å². The van der Waals surface area contributed by atoms with Crippen LogP contribution in [0.1, 0.15) is 19.3 Å². The van der Waals surface area contributed by atoms with Gasteiger partial charge in [0.2, 0.25) is 5.91 Å². The number of ether oxygens (including phenoxy) is 2. The summed E-state index contributed by atoms with van der Waals surface area (Å²) < 4.78 is 18.3. The van der Waals surface area contributed by atoms with Crippen molar-refractivity contribution in [3.8, 4) is 0 Å². The fraction of sp³-hybridized carbons (Fsp3) is 0.579. The van der Waals surface area contributed by atoms with E-state index in [4.69, 9.17) is 13.9 Å². The van der Waals surface area contributed by atoms with E-state index in [0.29, 0.717) is 23.3 Å². The lowest BCUT2D eigenvalue weighted by Gasteiger charge is -2.44. The maximum atomic E-state index is 12.5. The van der Waals surface area contributed by atoms with Crippen molar-refractivity contribution in [2.75, 3.05) is 38.7 Å². The first-order valence-electron chi connectivity index (χ1n) is 9.29. The minimum atomic E-state index is -0.421. The predicted octanol–water partition coefficient (Wildman–Crippen LogP) is 1.34. The quantitative estimate of drug-likeness (QED) is 0.868. The number of fused-ring (bicyclic) bond motifs is 1. The molecular weight excluding hydrogens is 350 g/mol. The molecule has 1 amide bonds. The molecule has 0 bridgehead atoms. The molecule has 2 aliphatic heterocycles. The maximum absolute atomic E-state index is 12.5. The van der Waals surface area contributed by atoms with Crippen LogP contribution in [0.15, 0.2) is 27.4 Å². The normalized spacial score (nSPS) is 26.1. The summed E-state index contributed by atoms with van der Waals surface area (Å²) in [4.78, 5) is 26.1. The van der Waals surface area contributed by atoms with Crippen LogP contribution in [0, 0.1) is 0 Å². The highest BCUT2D eigenvalue weighted by Crippen LogP contribution is 2.37. The van der Waals surface area contributed by atoms with Gasteiger partial charge in [0.05, 0.1) is 23.8 Å². The van der Waals surface area contributed by atoms with Crippen molar-refractivity contribution in [3.05, 3.63) is 28.7 Å². The number of carbonyl (C=O) groups is 1. The molecule has 0 aliphatic carbocycles. The Kier molecular flexibility index (Phi) is 4.79. The minimum Gasteiger partial charge on any atom is -0.408 e. The summed E-state index contributed by atoms with van der Waals surface area (Å²) in [5.74, 6) is -0.527. The van der Waals surface area contributed by atoms with Gasteiger partial charge < -0.3 is 19.2 Å². The van der Waals surface area contributed by atoms with Gasteiger partial charge in [-0.05, 0) is 31.4 Å². The van der Waals surface area contributed by atoms with Crippen molar-refractivity contribution in [1.82, 2.24) is 9.47 Å². The molecule has 2 saturated heterocycles. The minimum absolute atomic E-state index is 0.0171. The number of piperidine rings is 1. The molecule has 3 heterocycles. The number of benzene rings is 1. The van der Waals surface area contributed by atoms with Gasteiger partial charge in [-0.25, -0.2) is 4.79 Å². The van der Waals surface area contributed by atoms with E-state index in [2.05, 4.69) is 10.2 Å². The number of anilines is 1. The monoisotopic (exact) mass is 375 g/mol. The molecule has 2 aromatic rings. The molecule has 8 heteroatoms. The van der Waals surface area contributed by atoms with E-state index in [-0.39, 0.29) is 24.2 Å². The Morgan fingerprint density at radius 1 is 1.41 bits per heavy atom. The van der Waals surface area contributed by atoms with Crippen LogP contribution in [0.4, 0.5) is 5.69 Å². The first kappa shape index (κ1) is 18.2. The summed E-state index contributed by atoms with van der Waals surface area (Å²) in [6.45, 7) is 2.56. The Morgan fingerprint density at radius 3 is 3.00 bits per heavy atom. The van der Waals surface area contributed by atoms with E-state index < -0.39 is 5.76 Å². The van der Waals surface area contributed by atoms with Crippen molar-refractivity contribution in [2.24, 2.45) is 7.05 Å². The number of oxazole rings is 1. The van der Waals surface area contributed by atoms with Crippen molar-refractivity contribution < 1.29 is 18.7 Å². The molecule has 2 fully saturated rings. The van der Waals surface area contributed by atoms with Crippen LogP contribution < -0.4 is 11.1 Å². The number of methoxy groups -OCH3 is 1. The van der Waals surface area contributed by atoms with Crippen molar-refractivity contribution in [2.45, 2.75) is 31.0 Å². The molecule has 0 radical (unpaired) electrons. The van der Waals surface area contributed by atoms with E-state index in [0.717, 1.165) is 32.4 Å². The standard InChI is InChI=1S/C19H25N3O5/c1-21-14-5-4-13(10-15(14)27-18(21)24)20-17(23)12-22-8-7-19(6-3-9-26-19)16(11-22)25-2/h4-5,10,16H,3,6-9,11-12H2,1-2H3,(H,20,23)/t16-,19-/m0/s1. The van der Waals surface area contributed by atoms with Crippen LogP contribution in [-0.2, 0) is 21.3 Å². The molecule has 1 aromatic carbocycles. The van der Waals surface area contributed by atoms with Crippen molar-refractivity contribution >= 4 is 22.7 Å². The SMILES string of the molecule is CO[C@H]1CN(CC(=O)Nc2ccc3c(c2)oc(=O)n3C)CC[C@@]12CCCO2. The molecule has 0 saturated carbocycles. The molecule has 1 spiro atoms. The van der Waals surface area contributed by atoms with Gasteiger partial charge in [-0.1, -0.05) is 0 Å². The number of amides is 1. The smallest absolute Gasteiger partial charge is 0.408 e. The second-order valence-corrected chi connectivity index (χ2v) is 7.38. The van der Waals surface area contributed by atoms with Gasteiger partial charge >= 0.3 is 5.76 Å². The average molecular weight is 375 g/mol. The van der Waals surface area contributed by atoms with Crippen LogP contribution in [-0.4, -0.2) is 60.4 Å². The van der Waals surface area contributed by atoms with E-state index in [1.165, 1.54) is 4.57 Å². The molecule has 146 valence electrons. The third-order valence-electron chi connectivity index (χ3n) is 5.72. The van der Waals surface area contributed by atoms with Gasteiger partial charge in [0.1, 0.15) is 0 Å². The lowest BCUT2D eigenvalue weighted by atomic mass is 9.86. The topological polar surface area (TPSA) is 85.9 Å². The second-order valence-electron chi connectivity index (χ2n) is 7.38. The zero-order chi connectivity index (χ0) is 19.0. The highest BCUT2D eigenvalue weighted by Gasteiger charge is 2.46. The largest absolute Gasteiger partial charge is 0.419 e. The molecule has 2 atom stereocenters. The fourth-order valence-corrected chi connectivity index (χ4v) is 4.22. The van der Waals surface area contributed by atoms with Gasteiger partial charge in [0, 0.05) is 45.6 Å².